The van der Waals surface area contributed by atoms with Crippen LogP contribution in [0.2, 0.25) is 0 Å². The fraction of sp³-hybridized carbons (Fsp3) is 0.250. The molecule has 108 valence electrons. The Bertz CT molecular complexity index is 529. The second-order valence-corrected chi connectivity index (χ2v) is 3.95. The van der Waals surface area contributed by atoms with Crippen LogP contribution < -0.4 is 11.1 Å². The monoisotopic (exact) mass is 297 g/mol. The molecule has 1 amide bonds. The van der Waals surface area contributed by atoms with E-state index in [2.05, 4.69) is 15.6 Å². The van der Waals surface area contributed by atoms with Crippen molar-refractivity contribution in [3.8, 4) is 5.69 Å². The Morgan fingerprint density at radius 3 is 2.70 bits per heavy atom. The van der Waals surface area contributed by atoms with E-state index in [9.17, 15) is 4.79 Å². The summed E-state index contributed by atoms with van der Waals surface area (Å²) >= 11 is 0. The summed E-state index contributed by atoms with van der Waals surface area (Å²) in [6, 6.07) is 6.52. The zero-order valence-electron chi connectivity index (χ0n) is 10.9. The smallest absolute Gasteiger partial charge is 0.243 e. The van der Waals surface area contributed by atoms with Gasteiger partial charge in [0.2, 0.25) is 5.91 Å². The number of hydrogen-bond acceptors (Lipinski definition) is 5. The van der Waals surface area contributed by atoms with Gasteiger partial charge in [-0.15, -0.1) is 17.5 Å². The Morgan fingerprint density at radius 1 is 1.45 bits per heavy atom. The van der Waals surface area contributed by atoms with Crippen molar-refractivity contribution in [1.29, 1.82) is 0 Å². The summed E-state index contributed by atoms with van der Waals surface area (Å²) < 4.78 is 6.45. The number of anilines is 1. The standard InChI is InChI=1S/C12H15N5O2.ClH/c1-19-8-11(13)12(18)15-9-2-4-10(5-3-9)17-7-6-14-16-17;/h2-7,11H,8,13H2,1H3,(H,15,18);1H. The zero-order valence-corrected chi connectivity index (χ0v) is 11.7. The first-order valence-electron chi connectivity index (χ1n) is 5.73. The maximum atomic E-state index is 11.7. The number of rotatable bonds is 5. The molecule has 8 heteroatoms. The minimum Gasteiger partial charge on any atom is -0.383 e. The van der Waals surface area contributed by atoms with Gasteiger partial charge in [0.05, 0.1) is 24.7 Å². The molecule has 1 atom stereocenters. The van der Waals surface area contributed by atoms with Crippen LogP contribution in [0.25, 0.3) is 5.69 Å². The number of amides is 1. The molecule has 2 aromatic rings. The van der Waals surface area contributed by atoms with Gasteiger partial charge in [0.25, 0.3) is 0 Å². The lowest BCUT2D eigenvalue weighted by Crippen LogP contribution is -2.39. The van der Waals surface area contributed by atoms with Crippen LogP contribution in [0.3, 0.4) is 0 Å². The summed E-state index contributed by atoms with van der Waals surface area (Å²) in [6.45, 7) is 0.183. The van der Waals surface area contributed by atoms with Crippen molar-refractivity contribution in [2.45, 2.75) is 6.04 Å². The summed E-state index contributed by atoms with van der Waals surface area (Å²) in [7, 11) is 1.50. The fourth-order valence-corrected chi connectivity index (χ4v) is 1.53. The highest BCUT2D eigenvalue weighted by molar-refractivity contribution is 5.94. The summed E-state index contributed by atoms with van der Waals surface area (Å²) in [6.07, 6.45) is 3.33. The Hall–Kier alpha value is -1.96. The van der Waals surface area contributed by atoms with Gasteiger partial charge in [-0.2, -0.15) is 0 Å². The van der Waals surface area contributed by atoms with Gasteiger partial charge >= 0.3 is 0 Å². The van der Waals surface area contributed by atoms with Crippen LogP contribution in [-0.4, -0.2) is 40.7 Å². The van der Waals surface area contributed by atoms with Gasteiger partial charge in [0.1, 0.15) is 6.04 Å². The molecule has 0 fully saturated rings. The summed E-state index contributed by atoms with van der Waals surface area (Å²) in [4.78, 5) is 11.7. The molecule has 0 saturated carbocycles. The van der Waals surface area contributed by atoms with E-state index in [0.717, 1.165) is 5.69 Å². The van der Waals surface area contributed by atoms with Gasteiger partial charge in [-0.3, -0.25) is 4.79 Å². The molecule has 3 N–H and O–H groups in total. The van der Waals surface area contributed by atoms with Gasteiger partial charge in [-0.05, 0) is 24.3 Å². The van der Waals surface area contributed by atoms with Crippen molar-refractivity contribution in [3.05, 3.63) is 36.7 Å². The van der Waals surface area contributed by atoms with Crippen molar-refractivity contribution >= 4 is 24.0 Å². The first-order valence-corrected chi connectivity index (χ1v) is 5.73. The SMILES string of the molecule is COCC(N)C(=O)Nc1ccc(-n2ccnn2)cc1.Cl. The number of nitrogens with two attached hydrogens (primary N) is 1. The number of carbonyl (C=O) groups excluding carboxylic acids is 1. The third-order valence-corrected chi connectivity index (χ3v) is 2.50. The molecule has 1 aromatic carbocycles. The van der Waals surface area contributed by atoms with E-state index in [1.807, 2.05) is 12.1 Å². The van der Waals surface area contributed by atoms with Crippen molar-refractivity contribution in [2.75, 3.05) is 19.0 Å². The van der Waals surface area contributed by atoms with Crippen LogP contribution in [-0.2, 0) is 9.53 Å². The molecule has 0 aliphatic rings. The second-order valence-electron chi connectivity index (χ2n) is 3.95. The minimum absolute atomic E-state index is 0. The van der Waals surface area contributed by atoms with Gasteiger partial charge in [-0.25, -0.2) is 4.68 Å². The molecular weight excluding hydrogens is 282 g/mol. The lowest BCUT2D eigenvalue weighted by atomic mass is 10.2. The number of methoxy groups -OCH3 is 1. The van der Waals surface area contributed by atoms with E-state index in [4.69, 9.17) is 10.5 Å². The maximum absolute atomic E-state index is 11.7. The van der Waals surface area contributed by atoms with Crippen LogP contribution >= 0.6 is 12.4 Å². The Morgan fingerprint density at radius 2 is 2.15 bits per heavy atom. The summed E-state index contributed by atoms with van der Waals surface area (Å²) in [5, 5.41) is 10.3. The predicted molar refractivity (Wildman–Crippen MR) is 77.1 cm³/mol. The lowest BCUT2D eigenvalue weighted by molar-refractivity contribution is -0.118. The molecular formula is C12H16ClN5O2. The maximum Gasteiger partial charge on any atom is 0.243 e. The van der Waals surface area contributed by atoms with E-state index in [0.29, 0.717) is 5.69 Å². The van der Waals surface area contributed by atoms with Gasteiger partial charge in [-0.1, -0.05) is 5.21 Å². The fourth-order valence-electron chi connectivity index (χ4n) is 1.53. The van der Waals surface area contributed by atoms with E-state index < -0.39 is 6.04 Å². The summed E-state index contributed by atoms with van der Waals surface area (Å²) in [5.74, 6) is -0.282. The molecule has 1 unspecified atom stereocenters. The van der Waals surface area contributed by atoms with E-state index in [1.165, 1.54) is 7.11 Å². The van der Waals surface area contributed by atoms with Gasteiger partial charge in [0.15, 0.2) is 0 Å². The third kappa shape index (κ3) is 4.02. The summed E-state index contributed by atoms with van der Waals surface area (Å²) in [5.41, 5.74) is 7.15. The van der Waals surface area contributed by atoms with Crippen molar-refractivity contribution < 1.29 is 9.53 Å². The number of halogens is 1. The normalized spacial score (nSPS) is 11.5. The van der Waals surface area contributed by atoms with Crippen LogP contribution in [0.5, 0.6) is 0 Å². The number of carbonyl (C=O) groups is 1. The van der Waals surface area contributed by atoms with E-state index in [1.54, 1.807) is 29.2 Å². The van der Waals surface area contributed by atoms with Crippen LogP contribution in [0.1, 0.15) is 0 Å². The van der Waals surface area contributed by atoms with Crippen molar-refractivity contribution in [3.63, 3.8) is 0 Å². The van der Waals surface area contributed by atoms with Crippen LogP contribution in [0.4, 0.5) is 5.69 Å². The molecule has 0 aliphatic carbocycles. The molecule has 20 heavy (non-hydrogen) atoms. The van der Waals surface area contributed by atoms with E-state index in [-0.39, 0.29) is 24.9 Å². The van der Waals surface area contributed by atoms with Gasteiger partial charge in [0, 0.05) is 12.8 Å². The Labute approximate surface area is 122 Å². The molecule has 2 rings (SSSR count). The number of hydrogen-bond donors (Lipinski definition) is 2. The number of ether oxygens (including phenoxy) is 1. The molecule has 7 nitrogen and oxygen atoms in total. The third-order valence-electron chi connectivity index (χ3n) is 2.50. The molecule has 1 heterocycles. The topological polar surface area (TPSA) is 95.1 Å². The molecule has 0 aliphatic heterocycles. The molecule has 0 bridgehead atoms. The number of nitrogens with one attached hydrogen (secondary N) is 1. The molecule has 1 aromatic heterocycles. The largest absolute Gasteiger partial charge is 0.383 e. The van der Waals surface area contributed by atoms with Crippen molar-refractivity contribution in [1.82, 2.24) is 15.0 Å². The van der Waals surface area contributed by atoms with Crippen LogP contribution in [0.15, 0.2) is 36.7 Å². The van der Waals surface area contributed by atoms with E-state index >= 15 is 0 Å². The molecule has 0 spiro atoms. The second kappa shape index (κ2) is 7.59. The average Bonchev–Trinajstić information content (AvgIpc) is 2.94. The number of nitrogens with zero attached hydrogens (tertiary/aromatic N) is 3. The number of benzene rings is 1. The van der Waals surface area contributed by atoms with Crippen LogP contribution in [0, 0.1) is 0 Å². The number of aromatic nitrogens is 3. The average molecular weight is 298 g/mol. The quantitative estimate of drug-likeness (QED) is 0.843. The van der Waals surface area contributed by atoms with Gasteiger partial charge < -0.3 is 15.8 Å². The van der Waals surface area contributed by atoms with Crippen molar-refractivity contribution in [2.24, 2.45) is 5.73 Å². The zero-order chi connectivity index (χ0) is 13.7. The Kier molecular flexibility index (Phi) is 6.10. The highest BCUT2D eigenvalue weighted by Crippen LogP contribution is 2.12. The molecule has 0 saturated heterocycles. The lowest BCUT2D eigenvalue weighted by Gasteiger charge is -2.11. The highest BCUT2D eigenvalue weighted by atomic mass is 35.5. The minimum atomic E-state index is -0.681. The predicted octanol–water partition coefficient (Wildman–Crippen LogP) is 0.601. The molecule has 0 radical (unpaired) electrons. The highest BCUT2D eigenvalue weighted by Gasteiger charge is 2.12. The Balaban J connectivity index is 0.00000200. The first kappa shape index (κ1) is 16.1. The first-order chi connectivity index (χ1) is 9.20.